The second kappa shape index (κ2) is 5.10. The second-order valence-electron chi connectivity index (χ2n) is 4.37. The number of aromatic nitrogens is 3. The molecule has 90 valence electrons. The summed E-state index contributed by atoms with van der Waals surface area (Å²) < 4.78 is 2.05. The summed E-state index contributed by atoms with van der Waals surface area (Å²) >= 11 is 0. The minimum absolute atomic E-state index is 0.845. The molecule has 0 fully saturated rings. The molecule has 0 aliphatic rings. The number of hydrogen-bond acceptors (Lipinski definition) is 3. The average molecular weight is 230 g/mol. The molecular weight excluding hydrogens is 212 g/mol. The first-order chi connectivity index (χ1) is 8.16. The fraction of sp³-hybridized carbons (Fsp3) is 0.385. The fourth-order valence-electron chi connectivity index (χ4n) is 1.82. The first-order valence-corrected chi connectivity index (χ1v) is 5.72. The maximum absolute atomic E-state index is 4.33. The van der Waals surface area contributed by atoms with Gasteiger partial charge in [-0.15, -0.1) is 0 Å². The van der Waals surface area contributed by atoms with Crippen molar-refractivity contribution < 1.29 is 0 Å². The van der Waals surface area contributed by atoms with E-state index in [0.717, 1.165) is 24.6 Å². The van der Waals surface area contributed by atoms with Crippen LogP contribution in [-0.2, 0) is 20.1 Å². The van der Waals surface area contributed by atoms with Gasteiger partial charge in [-0.3, -0.25) is 9.88 Å². The van der Waals surface area contributed by atoms with E-state index in [1.54, 1.807) is 0 Å². The summed E-state index contributed by atoms with van der Waals surface area (Å²) in [4.78, 5) is 10.9. The molecule has 4 heteroatoms. The van der Waals surface area contributed by atoms with Crippen LogP contribution in [-0.4, -0.2) is 26.5 Å². The van der Waals surface area contributed by atoms with Crippen molar-refractivity contribution in [2.45, 2.75) is 20.0 Å². The molecule has 2 aromatic rings. The Bertz CT molecular complexity index is 490. The van der Waals surface area contributed by atoms with E-state index in [0.29, 0.717) is 0 Å². The number of imidazole rings is 1. The van der Waals surface area contributed by atoms with E-state index >= 15 is 0 Å². The van der Waals surface area contributed by atoms with Crippen LogP contribution in [0.3, 0.4) is 0 Å². The van der Waals surface area contributed by atoms with Gasteiger partial charge in [-0.1, -0.05) is 6.07 Å². The molecule has 0 aliphatic carbocycles. The highest BCUT2D eigenvalue weighted by atomic mass is 15.1. The Morgan fingerprint density at radius 2 is 2.06 bits per heavy atom. The third-order valence-corrected chi connectivity index (χ3v) is 2.89. The zero-order valence-corrected chi connectivity index (χ0v) is 10.6. The molecule has 0 saturated carbocycles. The maximum Gasteiger partial charge on any atom is 0.122 e. The molecule has 0 aliphatic heterocycles. The Labute approximate surface area is 102 Å². The monoisotopic (exact) mass is 230 g/mol. The number of hydrogen-bond donors (Lipinski definition) is 0. The predicted molar refractivity (Wildman–Crippen MR) is 67.4 cm³/mol. The predicted octanol–water partition coefficient (Wildman–Crippen LogP) is 1.76. The number of nitrogens with zero attached hydrogens (tertiary/aromatic N) is 4. The molecule has 0 bridgehead atoms. The van der Waals surface area contributed by atoms with Gasteiger partial charge in [0.25, 0.3) is 0 Å². The average Bonchev–Trinajstić information content (AvgIpc) is 2.68. The smallest absolute Gasteiger partial charge is 0.122 e. The molecule has 4 nitrogen and oxygen atoms in total. The van der Waals surface area contributed by atoms with Gasteiger partial charge in [0.15, 0.2) is 0 Å². The van der Waals surface area contributed by atoms with Crippen molar-refractivity contribution in [1.82, 2.24) is 19.4 Å². The standard InChI is InChI=1S/C13H18N4/c1-11-12(5-4-6-14-11)9-16(2)10-13-15-7-8-17(13)3/h4-8H,9-10H2,1-3H3. The van der Waals surface area contributed by atoms with Crippen LogP contribution in [0.25, 0.3) is 0 Å². The first kappa shape index (κ1) is 11.8. The number of aryl methyl sites for hydroxylation is 2. The van der Waals surface area contributed by atoms with Gasteiger partial charge in [0, 0.05) is 37.9 Å². The molecule has 0 aromatic carbocycles. The summed E-state index contributed by atoms with van der Waals surface area (Å²) in [6, 6.07) is 4.11. The van der Waals surface area contributed by atoms with Gasteiger partial charge in [-0.05, 0) is 25.6 Å². The topological polar surface area (TPSA) is 34.0 Å². The second-order valence-corrected chi connectivity index (χ2v) is 4.37. The molecule has 0 spiro atoms. The minimum Gasteiger partial charge on any atom is -0.337 e. The van der Waals surface area contributed by atoms with Gasteiger partial charge in [-0.25, -0.2) is 4.98 Å². The first-order valence-electron chi connectivity index (χ1n) is 5.72. The molecule has 2 heterocycles. The van der Waals surface area contributed by atoms with Gasteiger partial charge in [0.1, 0.15) is 5.82 Å². The Hall–Kier alpha value is -1.68. The van der Waals surface area contributed by atoms with E-state index in [2.05, 4.69) is 28.0 Å². The molecule has 0 amide bonds. The third-order valence-electron chi connectivity index (χ3n) is 2.89. The normalized spacial score (nSPS) is 11.1. The van der Waals surface area contributed by atoms with Crippen molar-refractivity contribution in [3.05, 3.63) is 47.8 Å². The number of rotatable bonds is 4. The van der Waals surface area contributed by atoms with E-state index < -0.39 is 0 Å². The van der Waals surface area contributed by atoms with Crippen LogP contribution in [0.1, 0.15) is 17.1 Å². The minimum atomic E-state index is 0.845. The Morgan fingerprint density at radius 3 is 2.71 bits per heavy atom. The molecule has 0 atom stereocenters. The van der Waals surface area contributed by atoms with Crippen LogP contribution in [0.4, 0.5) is 0 Å². The van der Waals surface area contributed by atoms with Crippen molar-refractivity contribution in [2.75, 3.05) is 7.05 Å². The molecule has 2 aromatic heterocycles. The lowest BCUT2D eigenvalue weighted by Crippen LogP contribution is -2.20. The van der Waals surface area contributed by atoms with E-state index in [1.807, 2.05) is 43.2 Å². The van der Waals surface area contributed by atoms with Crippen LogP contribution in [0.2, 0.25) is 0 Å². The number of pyridine rings is 1. The lowest BCUT2D eigenvalue weighted by Gasteiger charge is -2.17. The molecular formula is C13H18N4. The summed E-state index contributed by atoms with van der Waals surface area (Å²) in [7, 11) is 4.12. The highest BCUT2D eigenvalue weighted by Gasteiger charge is 2.06. The van der Waals surface area contributed by atoms with Crippen molar-refractivity contribution in [3.63, 3.8) is 0 Å². The Kier molecular flexibility index (Phi) is 3.54. The highest BCUT2D eigenvalue weighted by molar-refractivity contribution is 5.17. The van der Waals surface area contributed by atoms with Gasteiger partial charge in [0.05, 0.1) is 6.54 Å². The van der Waals surface area contributed by atoms with Gasteiger partial charge < -0.3 is 4.57 Å². The van der Waals surface area contributed by atoms with E-state index in [1.165, 1.54) is 5.56 Å². The van der Waals surface area contributed by atoms with Crippen LogP contribution in [0.5, 0.6) is 0 Å². The van der Waals surface area contributed by atoms with Gasteiger partial charge >= 0.3 is 0 Å². The lowest BCUT2D eigenvalue weighted by molar-refractivity contribution is 0.306. The zero-order chi connectivity index (χ0) is 12.3. The lowest BCUT2D eigenvalue weighted by atomic mass is 10.2. The zero-order valence-electron chi connectivity index (χ0n) is 10.6. The summed E-state index contributed by atoms with van der Waals surface area (Å²) in [5.74, 6) is 1.08. The quantitative estimate of drug-likeness (QED) is 0.802. The van der Waals surface area contributed by atoms with Crippen LogP contribution >= 0.6 is 0 Å². The summed E-state index contributed by atoms with van der Waals surface area (Å²) in [6.45, 7) is 3.79. The maximum atomic E-state index is 4.33. The van der Waals surface area contributed by atoms with E-state index in [-0.39, 0.29) is 0 Å². The third kappa shape index (κ3) is 2.91. The SMILES string of the molecule is Cc1ncccc1CN(C)Cc1nccn1C. The summed E-state index contributed by atoms with van der Waals surface area (Å²) in [6.07, 6.45) is 5.63. The fourth-order valence-corrected chi connectivity index (χ4v) is 1.82. The summed E-state index contributed by atoms with van der Waals surface area (Å²) in [5.41, 5.74) is 2.36. The molecule has 17 heavy (non-hydrogen) atoms. The van der Waals surface area contributed by atoms with Gasteiger partial charge in [0.2, 0.25) is 0 Å². The molecule has 0 radical (unpaired) electrons. The molecule has 0 N–H and O–H groups in total. The van der Waals surface area contributed by atoms with Crippen LogP contribution in [0, 0.1) is 6.92 Å². The molecule has 0 saturated heterocycles. The van der Waals surface area contributed by atoms with Gasteiger partial charge in [-0.2, -0.15) is 0 Å². The van der Waals surface area contributed by atoms with E-state index in [4.69, 9.17) is 0 Å². The van der Waals surface area contributed by atoms with Crippen LogP contribution < -0.4 is 0 Å². The van der Waals surface area contributed by atoms with E-state index in [9.17, 15) is 0 Å². The van der Waals surface area contributed by atoms with Crippen molar-refractivity contribution >= 4 is 0 Å². The van der Waals surface area contributed by atoms with Crippen molar-refractivity contribution in [1.29, 1.82) is 0 Å². The molecule has 0 unspecified atom stereocenters. The van der Waals surface area contributed by atoms with Crippen LogP contribution in [0.15, 0.2) is 30.7 Å². The van der Waals surface area contributed by atoms with Crippen molar-refractivity contribution in [2.24, 2.45) is 7.05 Å². The highest BCUT2D eigenvalue weighted by Crippen LogP contribution is 2.08. The largest absolute Gasteiger partial charge is 0.337 e. The van der Waals surface area contributed by atoms with Crippen molar-refractivity contribution in [3.8, 4) is 0 Å². The Balaban J connectivity index is 2.01. The molecule has 2 rings (SSSR count). The Morgan fingerprint density at radius 1 is 1.24 bits per heavy atom. The summed E-state index contributed by atoms with van der Waals surface area (Å²) in [5, 5.41) is 0.